The van der Waals surface area contributed by atoms with Crippen molar-refractivity contribution < 1.29 is 19.0 Å². The van der Waals surface area contributed by atoms with E-state index in [1.54, 1.807) is 20.8 Å². The minimum Gasteiger partial charge on any atom is -0.457 e. The van der Waals surface area contributed by atoms with E-state index < -0.39 is 28.8 Å². The Balaban J connectivity index is 2.18. The van der Waals surface area contributed by atoms with Gasteiger partial charge < -0.3 is 9.84 Å². The van der Waals surface area contributed by atoms with Crippen LogP contribution in [0.4, 0.5) is 4.39 Å². The Bertz CT molecular complexity index is 399. The molecule has 0 saturated heterocycles. The number of hydrogen-bond donors (Lipinski definition) is 1. The molecule has 0 aromatic rings. The molecule has 0 aliphatic heterocycles. The number of ether oxygens (including phenoxy) is 1. The zero-order chi connectivity index (χ0) is 16.1. The van der Waals surface area contributed by atoms with Crippen LogP contribution in [0.15, 0.2) is 0 Å². The number of hydrogen-bond acceptors (Lipinski definition) is 3. The smallest absolute Gasteiger partial charge is 0.341 e. The van der Waals surface area contributed by atoms with E-state index >= 15 is 0 Å². The van der Waals surface area contributed by atoms with E-state index in [1.807, 2.05) is 0 Å². The lowest BCUT2D eigenvalue weighted by atomic mass is 9.60. The molecular weight excluding hydrogens is 271 g/mol. The zero-order valence-electron chi connectivity index (χ0n) is 13.9. The number of halogens is 1. The third-order valence-electron chi connectivity index (χ3n) is 4.83. The molecule has 0 aromatic heterocycles. The predicted octanol–water partition coefficient (Wildman–Crippen LogP) is 3.63. The van der Waals surface area contributed by atoms with Crippen LogP contribution in [-0.2, 0) is 9.53 Å². The summed E-state index contributed by atoms with van der Waals surface area (Å²) < 4.78 is 19.9. The highest BCUT2D eigenvalue weighted by molar-refractivity contribution is 5.76. The first-order valence-electron chi connectivity index (χ1n) is 8.04. The van der Waals surface area contributed by atoms with Gasteiger partial charge in [-0.3, -0.25) is 0 Å². The third-order valence-corrected chi connectivity index (χ3v) is 4.83. The van der Waals surface area contributed by atoms with Crippen LogP contribution in [0.5, 0.6) is 0 Å². The maximum absolute atomic E-state index is 14.2. The lowest BCUT2D eigenvalue weighted by molar-refractivity contribution is -0.205. The summed E-state index contributed by atoms with van der Waals surface area (Å²) in [6, 6.07) is 0. The molecule has 2 fully saturated rings. The number of rotatable bonds is 2. The van der Waals surface area contributed by atoms with Gasteiger partial charge in [-0.25, -0.2) is 9.18 Å². The Morgan fingerprint density at radius 3 is 2.10 bits per heavy atom. The molecule has 0 aromatic carbocycles. The fraction of sp³-hybridized carbons (Fsp3) is 0.941. The topological polar surface area (TPSA) is 46.5 Å². The molecule has 0 radical (unpaired) electrons. The maximum Gasteiger partial charge on any atom is 0.341 e. The maximum atomic E-state index is 14.2. The number of carbonyl (C=O) groups excluding carboxylic acids is 1. The minimum atomic E-state index is -1.63. The SMILES string of the molecule is CC1CC2(O)CC(C)CC(OC(=O)C(F)C(C)(C)C)(C1)C2. The second-order valence-corrected chi connectivity index (χ2v) is 8.76. The van der Waals surface area contributed by atoms with Gasteiger partial charge in [0, 0.05) is 11.8 Å². The van der Waals surface area contributed by atoms with E-state index in [9.17, 15) is 14.3 Å². The molecule has 122 valence electrons. The van der Waals surface area contributed by atoms with E-state index in [1.165, 1.54) is 0 Å². The monoisotopic (exact) mass is 300 g/mol. The standard InChI is InChI=1S/C17H29FO3/c1-11-6-16(20)7-12(2)9-17(8-11,10-16)21-14(19)13(18)15(3,4)5/h11-13,20H,6-10H2,1-5H3. The van der Waals surface area contributed by atoms with Crippen LogP contribution in [0.25, 0.3) is 0 Å². The first-order valence-corrected chi connectivity index (χ1v) is 8.04. The van der Waals surface area contributed by atoms with Crippen LogP contribution in [0.2, 0.25) is 0 Å². The molecule has 3 unspecified atom stereocenters. The molecule has 4 heteroatoms. The molecular formula is C17H29FO3. The van der Waals surface area contributed by atoms with Gasteiger partial charge in [0.1, 0.15) is 5.60 Å². The molecule has 0 amide bonds. The lowest BCUT2D eigenvalue weighted by Gasteiger charge is -2.53. The van der Waals surface area contributed by atoms with Crippen molar-refractivity contribution in [1.82, 2.24) is 0 Å². The number of alkyl halides is 1. The van der Waals surface area contributed by atoms with Gasteiger partial charge in [-0.05, 0) is 37.5 Å². The summed E-state index contributed by atoms with van der Waals surface area (Å²) in [6.45, 7) is 9.22. The molecule has 2 bridgehead atoms. The Morgan fingerprint density at radius 1 is 1.19 bits per heavy atom. The molecule has 2 aliphatic carbocycles. The number of esters is 1. The molecule has 0 spiro atoms. The Kier molecular flexibility index (Phi) is 4.16. The van der Waals surface area contributed by atoms with Gasteiger partial charge in [0.2, 0.25) is 6.17 Å². The second kappa shape index (κ2) is 5.22. The first-order chi connectivity index (χ1) is 9.45. The van der Waals surface area contributed by atoms with Gasteiger partial charge in [-0.1, -0.05) is 34.6 Å². The summed E-state index contributed by atoms with van der Waals surface area (Å²) in [5.41, 5.74) is -2.20. The second-order valence-electron chi connectivity index (χ2n) is 8.76. The van der Waals surface area contributed by atoms with E-state index in [0.717, 1.165) is 25.7 Å². The highest BCUT2D eigenvalue weighted by Gasteiger charge is 2.54. The summed E-state index contributed by atoms with van der Waals surface area (Å²) in [5.74, 6) is -0.193. The molecule has 2 aliphatic rings. The van der Waals surface area contributed by atoms with Crippen molar-refractivity contribution >= 4 is 5.97 Å². The number of fused-ring (bicyclic) bond motifs is 2. The largest absolute Gasteiger partial charge is 0.457 e. The highest BCUT2D eigenvalue weighted by Crippen LogP contribution is 2.51. The predicted molar refractivity (Wildman–Crippen MR) is 79.5 cm³/mol. The third kappa shape index (κ3) is 3.58. The summed E-state index contributed by atoms with van der Waals surface area (Å²) in [6.07, 6.45) is 1.76. The van der Waals surface area contributed by atoms with Crippen molar-refractivity contribution in [2.24, 2.45) is 17.3 Å². The van der Waals surface area contributed by atoms with Crippen LogP contribution in [0.3, 0.4) is 0 Å². The van der Waals surface area contributed by atoms with E-state index in [4.69, 9.17) is 4.74 Å². The van der Waals surface area contributed by atoms with Crippen molar-refractivity contribution in [1.29, 1.82) is 0 Å². The quantitative estimate of drug-likeness (QED) is 0.792. The fourth-order valence-electron chi connectivity index (χ4n) is 4.50. The van der Waals surface area contributed by atoms with Crippen LogP contribution in [0.1, 0.15) is 66.7 Å². The summed E-state index contributed by atoms with van der Waals surface area (Å²) in [4.78, 5) is 12.2. The lowest BCUT2D eigenvalue weighted by Crippen LogP contribution is -2.56. The van der Waals surface area contributed by atoms with Gasteiger partial charge >= 0.3 is 5.97 Å². The molecule has 21 heavy (non-hydrogen) atoms. The van der Waals surface area contributed by atoms with Crippen molar-refractivity contribution in [3.8, 4) is 0 Å². The molecule has 0 heterocycles. The van der Waals surface area contributed by atoms with Gasteiger partial charge in [-0.15, -0.1) is 0 Å². The molecule has 3 nitrogen and oxygen atoms in total. The van der Waals surface area contributed by atoms with Gasteiger partial charge in [0.15, 0.2) is 0 Å². The van der Waals surface area contributed by atoms with Gasteiger partial charge in [0.25, 0.3) is 0 Å². The van der Waals surface area contributed by atoms with Gasteiger partial charge in [-0.2, -0.15) is 0 Å². The number of aliphatic hydroxyl groups is 1. The normalized spacial score (nSPS) is 41.5. The summed E-state index contributed by atoms with van der Waals surface area (Å²) in [5, 5.41) is 10.7. The minimum absolute atomic E-state index is 0.289. The van der Waals surface area contributed by atoms with E-state index in [0.29, 0.717) is 6.42 Å². The average Bonchev–Trinajstić information content (AvgIpc) is 2.21. The molecule has 1 N–H and O–H groups in total. The Labute approximate surface area is 127 Å². The van der Waals surface area contributed by atoms with E-state index in [2.05, 4.69) is 13.8 Å². The fourth-order valence-corrected chi connectivity index (χ4v) is 4.50. The van der Waals surface area contributed by atoms with Crippen LogP contribution in [0, 0.1) is 17.3 Å². The molecule has 2 rings (SSSR count). The van der Waals surface area contributed by atoms with Crippen LogP contribution >= 0.6 is 0 Å². The van der Waals surface area contributed by atoms with Crippen molar-refractivity contribution in [3.63, 3.8) is 0 Å². The van der Waals surface area contributed by atoms with E-state index in [-0.39, 0.29) is 11.8 Å². The first kappa shape index (κ1) is 16.7. The Hall–Kier alpha value is -0.640. The Morgan fingerprint density at radius 2 is 1.67 bits per heavy atom. The van der Waals surface area contributed by atoms with Crippen LogP contribution < -0.4 is 0 Å². The van der Waals surface area contributed by atoms with Crippen molar-refractivity contribution in [2.75, 3.05) is 0 Å². The number of carbonyl (C=O) groups is 1. The van der Waals surface area contributed by atoms with Crippen LogP contribution in [-0.4, -0.2) is 28.4 Å². The van der Waals surface area contributed by atoms with Crippen molar-refractivity contribution in [2.45, 2.75) is 84.1 Å². The zero-order valence-corrected chi connectivity index (χ0v) is 13.9. The summed E-state index contributed by atoms with van der Waals surface area (Å²) in [7, 11) is 0. The average molecular weight is 300 g/mol. The highest BCUT2D eigenvalue weighted by atomic mass is 19.1. The summed E-state index contributed by atoms with van der Waals surface area (Å²) >= 11 is 0. The van der Waals surface area contributed by atoms with Crippen molar-refractivity contribution in [3.05, 3.63) is 0 Å². The molecule has 3 atom stereocenters. The molecule has 2 saturated carbocycles. The van der Waals surface area contributed by atoms with Gasteiger partial charge in [0.05, 0.1) is 5.60 Å².